The summed E-state index contributed by atoms with van der Waals surface area (Å²) in [6, 6.07) is 17.7. The SMILES string of the molecule is C[C@H](NC(=O)NCc1ccnc2ccccc12)[C@H]1COc2ccccc21. The van der Waals surface area contributed by atoms with Crippen LogP contribution in [0.25, 0.3) is 10.9 Å². The Morgan fingerprint density at radius 2 is 2.00 bits per heavy atom. The zero-order valence-electron chi connectivity index (χ0n) is 14.6. The first-order valence-corrected chi connectivity index (χ1v) is 8.81. The van der Waals surface area contributed by atoms with E-state index in [4.69, 9.17) is 4.74 Å². The molecule has 2 atom stereocenters. The zero-order chi connectivity index (χ0) is 17.9. The topological polar surface area (TPSA) is 63.2 Å². The fourth-order valence-electron chi connectivity index (χ4n) is 3.44. The molecule has 2 N–H and O–H groups in total. The average Bonchev–Trinajstić information content (AvgIpc) is 3.10. The van der Waals surface area contributed by atoms with Crippen LogP contribution in [0, 0.1) is 0 Å². The van der Waals surface area contributed by atoms with E-state index in [1.165, 1.54) is 0 Å². The Balaban J connectivity index is 1.38. The van der Waals surface area contributed by atoms with Gasteiger partial charge in [0.05, 0.1) is 12.1 Å². The molecule has 2 heterocycles. The predicted molar refractivity (Wildman–Crippen MR) is 101 cm³/mol. The first-order valence-electron chi connectivity index (χ1n) is 8.81. The second-order valence-electron chi connectivity index (χ2n) is 6.56. The summed E-state index contributed by atoms with van der Waals surface area (Å²) in [6.45, 7) is 3.06. The van der Waals surface area contributed by atoms with Gasteiger partial charge in [-0.2, -0.15) is 0 Å². The van der Waals surface area contributed by atoms with Gasteiger partial charge in [0.15, 0.2) is 0 Å². The number of hydrogen-bond acceptors (Lipinski definition) is 3. The van der Waals surface area contributed by atoms with Gasteiger partial charge in [-0.05, 0) is 30.7 Å². The van der Waals surface area contributed by atoms with Crippen molar-refractivity contribution in [3.8, 4) is 5.75 Å². The number of fused-ring (bicyclic) bond motifs is 2. The summed E-state index contributed by atoms with van der Waals surface area (Å²) in [7, 11) is 0. The van der Waals surface area contributed by atoms with Gasteiger partial charge in [0.25, 0.3) is 0 Å². The van der Waals surface area contributed by atoms with E-state index in [0.29, 0.717) is 13.2 Å². The fraction of sp³-hybridized carbons (Fsp3) is 0.238. The number of hydrogen-bond donors (Lipinski definition) is 2. The Kier molecular flexibility index (Phi) is 4.44. The second kappa shape index (κ2) is 7.04. The number of nitrogens with zero attached hydrogens (tertiary/aromatic N) is 1. The number of urea groups is 1. The molecule has 3 aromatic rings. The number of pyridine rings is 1. The van der Waals surface area contributed by atoms with Gasteiger partial charge in [0.2, 0.25) is 0 Å². The molecule has 0 saturated carbocycles. The highest BCUT2D eigenvalue weighted by atomic mass is 16.5. The Labute approximate surface area is 152 Å². The number of amides is 2. The molecule has 1 aromatic heterocycles. The van der Waals surface area contributed by atoms with Crippen LogP contribution in [0.2, 0.25) is 0 Å². The summed E-state index contributed by atoms with van der Waals surface area (Å²) in [5, 5.41) is 7.04. The number of benzene rings is 2. The lowest BCUT2D eigenvalue weighted by atomic mass is 9.94. The van der Waals surface area contributed by atoms with Crippen LogP contribution in [-0.2, 0) is 6.54 Å². The number of rotatable bonds is 4. The van der Waals surface area contributed by atoms with Gasteiger partial charge in [-0.15, -0.1) is 0 Å². The van der Waals surface area contributed by atoms with Crippen LogP contribution in [0.5, 0.6) is 5.75 Å². The fourth-order valence-corrected chi connectivity index (χ4v) is 3.44. The van der Waals surface area contributed by atoms with Crippen LogP contribution >= 0.6 is 0 Å². The molecule has 0 saturated heterocycles. The van der Waals surface area contributed by atoms with Crippen molar-refractivity contribution in [1.82, 2.24) is 15.6 Å². The molecule has 0 radical (unpaired) electrons. The van der Waals surface area contributed by atoms with E-state index in [1.807, 2.05) is 55.5 Å². The molecule has 1 aliphatic rings. The lowest BCUT2D eigenvalue weighted by Crippen LogP contribution is -2.43. The van der Waals surface area contributed by atoms with E-state index < -0.39 is 0 Å². The molecule has 2 aromatic carbocycles. The van der Waals surface area contributed by atoms with Crippen molar-refractivity contribution in [2.24, 2.45) is 0 Å². The molecular formula is C21H21N3O2. The van der Waals surface area contributed by atoms with Crippen molar-refractivity contribution in [3.05, 3.63) is 71.9 Å². The van der Waals surface area contributed by atoms with Crippen molar-refractivity contribution < 1.29 is 9.53 Å². The standard InChI is InChI=1S/C21H21N3O2/c1-14(18-13-26-20-9-5-3-7-17(18)20)24-21(25)23-12-15-10-11-22-19-8-4-2-6-16(15)19/h2-11,14,18H,12-13H2,1H3,(H2,23,24,25)/t14-,18+/m0/s1. The zero-order valence-corrected chi connectivity index (χ0v) is 14.6. The molecular weight excluding hydrogens is 326 g/mol. The predicted octanol–water partition coefficient (Wildman–Crippen LogP) is 3.60. The first kappa shape index (κ1) is 16.4. The minimum absolute atomic E-state index is 0.0205. The Morgan fingerprint density at radius 3 is 2.92 bits per heavy atom. The van der Waals surface area contributed by atoms with E-state index in [0.717, 1.165) is 27.8 Å². The van der Waals surface area contributed by atoms with Gasteiger partial charge in [-0.25, -0.2) is 4.79 Å². The number of para-hydroxylation sites is 2. The number of carbonyl (C=O) groups excluding carboxylic acids is 1. The van der Waals surface area contributed by atoms with Gasteiger partial charge >= 0.3 is 6.03 Å². The Morgan fingerprint density at radius 1 is 1.19 bits per heavy atom. The molecule has 0 aliphatic carbocycles. The number of nitrogens with one attached hydrogen (secondary N) is 2. The van der Waals surface area contributed by atoms with Crippen molar-refractivity contribution in [2.75, 3.05) is 6.61 Å². The molecule has 4 rings (SSSR count). The molecule has 0 bridgehead atoms. The summed E-state index contributed by atoms with van der Waals surface area (Å²) in [6.07, 6.45) is 1.77. The van der Waals surface area contributed by atoms with Gasteiger partial charge in [0, 0.05) is 35.7 Å². The highest BCUT2D eigenvalue weighted by Gasteiger charge is 2.29. The van der Waals surface area contributed by atoms with Crippen LogP contribution in [-0.4, -0.2) is 23.7 Å². The van der Waals surface area contributed by atoms with Crippen molar-refractivity contribution in [3.63, 3.8) is 0 Å². The molecule has 1 aliphatic heterocycles. The molecule has 0 spiro atoms. The molecule has 2 amide bonds. The van der Waals surface area contributed by atoms with Crippen LogP contribution in [0.1, 0.15) is 24.0 Å². The average molecular weight is 347 g/mol. The number of ether oxygens (including phenoxy) is 1. The molecule has 0 unspecified atom stereocenters. The third kappa shape index (κ3) is 3.20. The van der Waals surface area contributed by atoms with Gasteiger partial charge in [-0.1, -0.05) is 36.4 Å². The van der Waals surface area contributed by atoms with E-state index in [9.17, 15) is 4.79 Å². The van der Waals surface area contributed by atoms with E-state index in [1.54, 1.807) is 6.20 Å². The molecule has 5 heteroatoms. The van der Waals surface area contributed by atoms with Crippen molar-refractivity contribution >= 4 is 16.9 Å². The van der Waals surface area contributed by atoms with Crippen molar-refractivity contribution in [1.29, 1.82) is 0 Å². The Hall–Kier alpha value is -3.08. The van der Waals surface area contributed by atoms with Crippen LogP contribution in [0.4, 0.5) is 4.79 Å². The summed E-state index contributed by atoms with van der Waals surface area (Å²) >= 11 is 0. The minimum Gasteiger partial charge on any atom is -0.493 e. The second-order valence-corrected chi connectivity index (χ2v) is 6.56. The molecule has 5 nitrogen and oxygen atoms in total. The van der Waals surface area contributed by atoms with Gasteiger partial charge in [-0.3, -0.25) is 4.98 Å². The molecule has 26 heavy (non-hydrogen) atoms. The van der Waals surface area contributed by atoms with Crippen LogP contribution in [0.15, 0.2) is 60.8 Å². The Bertz CT molecular complexity index is 936. The summed E-state index contributed by atoms with van der Waals surface area (Å²) in [5.74, 6) is 1.08. The molecule has 0 fully saturated rings. The first-order chi connectivity index (χ1) is 12.7. The summed E-state index contributed by atoms with van der Waals surface area (Å²) in [4.78, 5) is 16.7. The number of aromatic nitrogens is 1. The highest BCUT2D eigenvalue weighted by molar-refractivity contribution is 5.82. The smallest absolute Gasteiger partial charge is 0.315 e. The normalized spacial score (nSPS) is 16.6. The third-order valence-electron chi connectivity index (χ3n) is 4.88. The maximum Gasteiger partial charge on any atom is 0.315 e. The maximum atomic E-state index is 12.4. The summed E-state index contributed by atoms with van der Waals surface area (Å²) < 4.78 is 5.71. The van der Waals surface area contributed by atoms with Gasteiger partial charge < -0.3 is 15.4 Å². The van der Waals surface area contributed by atoms with Crippen LogP contribution in [0.3, 0.4) is 0 Å². The van der Waals surface area contributed by atoms with Crippen LogP contribution < -0.4 is 15.4 Å². The van der Waals surface area contributed by atoms with Gasteiger partial charge in [0.1, 0.15) is 5.75 Å². The van der Waals surface area contributed by atoms with E-state index in [-0.39, 0.29) is 18.0 Å². The lowest BCUT2D eigenvalue weighted by molar-refractivity contribution is 0.232. The quantitative estimate of drug-likeness (QED) is 0.758. The number of carbonyl (C=O) groups is 1. The molecule has 132 valence electrons. The maximum absolute atomic E-state index is 12.4. The minimum atomic E-state index is -0.178. The lowest BCUT2D eigenvalue weighted by Gasteiger charge is -2.20. The monoisotopic (exact) mass is 347 g/mol. The highest BCUT2D eigenvalue weighted by Crippen LogP contribution is 2.35. The summed E-state index contributed by atoms with van der Waals surface area (Å²) in [5.41, 5.74) is 3.13. The van der Waals surface area contributed by atoms with E-state index in [2.05, 4.69) is 21.7 Å². The van der Waals surface area contributed by atoms with E-state index >= 15 is 0 Å². The largest absolute Gasteiger partial charge is 0.493 e. The third-order valence-corrected chi connectivity index (χ3v) is 4.88. The van der Waals surface area contributed by atoms with Crippen molar-refractivity contribution in [2.45, 2.75) is 25.4 Å².